The van der Waals surface area contributed by atoms with Crippen LogP contribution in [0.4, 0.5) is 0 Å². The van der Waals surface area contributed by atoms with E-state index in [9.17, 15) is 4.79 Å². The Morgan fingerprint density at radius 2 is 2.00 bits per heavy atom. The van der Waals surface area contributed by atoms with Crippen molar-refractivity contribution in [3.05, 3.63) is 64.2 Å². The molecule has 3 rings (SSSR count). The minimum atomic E-state index is -0.295. The van der Waals surface area contributed by atoms with Crippen LogP contribution < -0.4 is 10.1 Å². The zero-order chi connectivity index (χ0) is 18.7. The lowest BCUT2D eigenvalue weighted by Crippen LogP contribution is -2.41. The van der Waals surface area contributed by atoms with Crippen molar-refractivity contribution >= 4 is 29.3 Å². The Morgan fingerprint density at radius 1 is 1.27 bits per heavy atom. The number of nitrogens with one attached hydrogen (secondary N) is 1. The zero-order valence-corrected chi connectivity index (χ0v) is 16.9. The van der Waals surface area contributed by atoms with E-state index in [2.05, 4.69) is 32.2 Å². The van der Waals surface area contributed by atoms with E-state index < -0.39 is 0 Å². The Hall–Kier alpha value is -1.65. The van der Waals surface area contributed by atoms with Crippen molar-refractivity contribution in [1.82, 2.24) is 5.32 Å². The van der Waals surface area contributed by atoms with Gasteiger partial charge in [0.05, 0.1) is 11.8 Å². The second-order valence-corrected chi connectivity index (χ2v) is 8.77. The Bertz CT molecular complexity index is 789. The number of rotatable bonds is 5. The van der Waals surface area contributed by atoms with Gasteiger partial charge < -0.3 is 10.1 Å². The number of amides is 1. The molecule has 2 aromatic carbocycles. The number of hydrogen-bond donors (Lipinski definition) is 1. The maximum atomic E-state index is 12.5. The molecule has 0 radical (unpaired) electrons. The van der Waals surface area contributed by atoms with Crippen LogP contribution in [0.15, 0.2) is 42.5 Å². The lowest BCUT2D eigenvalue weighted by molar-refractivity contribution is -0.119. The number of halogens is 1. The highest BCUT2D eigenvalue weighted by Gasteiger charge is 2.34. The van der Waals surface area contributed by atoms with Crippen LogP contribution in [0.3, 0.4) is 0 Å². The van der Waals surface area contributed by atoms with E-state index in [0.29, 0.717) is 5.75 Å². The summed E-state index contributed by atoms with van der Waals surface area (Å²) in [4.78, 5) is 12.5. The van der Waals surface area contributed by atoms with E-state index in [-0.39, 0.29) is 17.6 Å². The van der Waals surface area contributed by atoms with E-state index in [1.54, 1.807) is 11.8 Å². The van der Waals surface area contributed by atoms with E-state index in [1.807, 2.05) is 36.4 Å². The molecule has 1 amide bonds. The van der Waals surface area contributed by atoms with E-state index >= 15 is 0 Å². The third-order valence-electron chi connectivity index (χ3n) is 4.37. The Morgan fingerprint density at radius 3 is 2.73 bits per heavy atom. The third kappa shape index (κ3) is 4.95. The first-order valence-corrected chi connectivity index (χ1v) is 10.3. The molecule has 1 atom stereocenters. The van der Waals surface area contributed by atoms with Gasteiger partial charge in [-0.2, -0.15) is 0 Å². The first-order valence-electron chi connectivity index (χ1n) is 8.73. The summed E-state index contributed by atoms with van der Waals surface area (Å²) >= 11 is 7.51. The van der Waals surface area contributed by atoms with E-state index in [0.717, 1.165) is 28.5 Å². The molecule has 0 aliphatic carbocycles. The molecule has 1 heterocycles. The maximum absolute atomic E-state index is 12.5. The van der Waals surface area contributed by atoms with Gasteiger partial charge in [0, 0.05) is 22.8 Å². The van der Waals surface area contributed by atoms with Gasteiger partial charge >= 0.3 is 0 Å². The molecular weight excluding hydrogens is 366 g/mol. The molecule has 0 fully saturated rings. The number of benzene rings is 2. The predicted octanol–water partition coefficient (Wildman–Crippen LogP) is 5.30. The summed E-state index contributed by atoms with van der Waals surface area (Å²) in [6, 6.07) is 13.9. The quantitative estimate of drug-likeness (QED) is 0.753. The molecule has 3 nitrogen and oxygen atoms in total. The first-order chi connectivity index (χ1) is 12.3. The highest BCUT2D eigenvalue weighted by Crippen LogP contribution is 2.39. The molecule has 0 saturated heterocycles. The van der Waals surface area contributed by atoms with Crippen LogP contribution >= 0.6 is 23.4 Å². The highest BCUT2D eigenvalue weighted by molar-refractivity contribution is 7.99. The average Bonchev–Trinajstić information content (AvgIpc) is 2.57. The Balaban J connectivity index is 1.60. The molecule has 1 unspecified atom stereocenters. The monoisotopic (exact) mass is 389 g/mol. The summed E-state index contributed by atoms with van der Waals surface area (Å²) in [5.41, 5.74) is 3.11. The molecule has 1 aliphatic rings. The third-order valence-corrected chi connectivity index (χ3v) is 5.63. The topological polar surface area (TPSA) is 38.3 Å². The van der Waals surface area contributed by atoms with Crippen LogP contribution in [0.25, 0.3) is 0 Å². The van der Waals surface area contributed by atoms with Crippen LogP contribution in [0.1, 0.15) is 43.0 Å². The summed E-state index contributed by atoms with van der Waals surface area (Å²) in [6.07, 6.45) is 0.761. The molecule has 0 spiro atoms. The van der Waals surface area contributed by atoms with Crippen molar-refractivity contribution < 1.29 is 9.53 Å². The van der Waals surface area contributed by atoms with Gasteiger partial charge in [-0.3, -0.25) is 4.79 Å². The molecule has 5 heteroatoms. The summed E-state index contributed by atoms with van der Waals surface area (Å²) in [5.74, 6) is 2.14. The summed E-state index contributed by atoms with van der Waals surface area (Å²) in [7, 11) is 0. The van der Waals surface area contributed by atoms with Gasteiger partial charge in [0.2, 0.25) is 5.91 Å². The maximum Gasteiger partial charge on any atom is 0.230 e. The van der Waals surface area contributed by atoms with Crippen molar-refractivity contribution in [2.24, 2.45) is 0 Å². The molecule has 0 aromatic heterocycles. The second-order valence-electron chi connectivity index (χ2n) is 7.35. The van der Waals surface area contributed by atoms with Gasteiger partial charge in [0.15, 0.2) is 0 Å². The average molecular weight is 390 g/mol. The molecule has 2 aromatic rings. The van der Waals surface area contributed by atoms with Gasteiger partial charge in [-0.1, -0.05) is 41.4 Å². The van der Waals surface area contributed by atoms with E-state index in [1.165, 1.54) is 11.1 Å². The van der Waals surface area contributed by atoms with Crippen molar-refractivity contribution in [2.75, 3.05) is 5.75 Å². The number of aryl methyl sites for hydroxylation is 1. The normalized spacial score (nSPS) is 17.9. The van der Waals surface area contributed by atoms with Crippen molar-refractivity contribution in [1.29, 1.82) is 0 Å². The lowest BCUT2D eigenvalue weighted by Gasteiger charge is -2.38. The molecule has 26 heavy (non-hydrogen) atoms. The van der Waals surface area contributed by atoms with Crippen LogP contribution in [0, 0.1) is 6.92 Å². The fourth-order valence-corrected chi connectivity index (χ4v) is 4.11. The standard InChI is InChI=1S/C21H24ClNO2S/c1-14-4-9-19-17(10-14)18(11-21(2,3)25-19)23-20(24)13-26-12-15-5-7-16(22)8-6-15/h4-10,18H,11-13H2,1-3H3,(H,23,24). The van der Waals surface area contributed by atoms with E-state index in [4.69, 9.17) is 16.3 Å². The van der Waals surface area contributed by atoms with Gasteiger partial charge in [0.1, 0.15) is 11.4 Å². The van der Waals surface area contributed by atoms with Gasteiger partial charge in [-0.25, -0.2) is 0 Å². The fourth-order valence-electron chi connectivity index (χ4n) is 3.18. The number of carbonyl (C=O) groups is 1. The second kappa shape index (κ2) is 7.93. The zero-order valence-electron chi connectivity index (χ0n) is 15.3. The SMILES string of the molecule is Cc1ccc2c(c1)C(NC(=O)CSCc1ccc(Cl)cc1)CC(C)(C)O2. The Labute approximate surface area is 164 Å². The predicted molar refractivity (Wildman–Crippen MR) is 109 cm³/mol. The van der Waals surface area contributed by atoms with Crippen LogP contribution in [-0.2, 0) is 10.5 Å². The van der Waals surface area contributed by atoms with Gasteiger partial charge in [-0.05, 0) is 44.5 Å². The smallest absolute Gasteiger partial charge is 0.230 e. The molecule has 138 valence electrons. The summed E-state index contributed by atoms with van der Waals surface area (Å²) in [6.45, 7) is 6.18. The van der Waals surface area contributed by atoms with Crippen molar-refractivity contribution in [3.63, 3.8) is 0 Å². The van der Waals surface area contributed by atoms with Crippen molar-refractivity contribution in [3.8, 4) is 5.75 Å². The van der Waals surface area contributed by atoms with Crippen molar-refractivity contribution in [2.45, 2.75) is 44.6 Å². The van der Waals surface area contributed by atoms with Crippen LogP contribution in [0.2, 0.25) is 5.02 Å². The number of thioether (sulfide) groups is 1. The first kappa shape index (κ1) is 19.1. The minimum Gasteiger partial charge on any atom is -0.487 e. The largest absolute Gasteiger partial charge is 0.487 e. The number of hydrogen-bond acceptors (Lipinski definition) is 3. The van der Waals surface area contributed by atoms with Gasteiger partial charge in [0.25, 0.3) is 0 Å². The van der Waals surface area contributed by atoms with Crippen LogP contribution in [-0.4, -0.2) is 17.3 Å². The Kier molecular flexibility index (Phi) is 5.83. The number of ether oxygens (including phenoxy) is 1. The molecule has 0 bridgehead atoms. The molecule has 1 N–H and O–H groups in total. The summed E-state index contributed by atoms with van der Waals surface area (Å²) in [5, 5.41) is 3.92. The number of fused-ring (bicyclic) bond motifs is 1. The lowest BCUT2D eigenvalue weighted by atomic mass is 9.89. The minimum absolute atomic E-state index is 0.0164. The highest BCUT2D eigenvalue weighted by atomic mass is 35.5. The fraction of sp³-hybridized carbons (Fsp3) is 0.381. The van der Waals surface area contributed by atoms with Gasteiger partial charge in [-0.15, -0.1) is 11.8 Å². The number of carbonyl (C=O) groups excluding carboxylic acids is 1. The van der Waals surface area contributed by atoms with Crippen LogP contribution in [0.5, 0.6) is 5.75 Å². The summed E-state index contributed by atoms with van der Waals surface area (Å²) < 4.78 is 6.07. The molecular formula is C21H24ClNO2S. The molecule has 1 aliphatic heterocycles. The molecule has 0 saturated carbocycles.